The van der Waals surface area contributed by atoms with Crippen molar-refractivity contribution in [1.82, 2.24) is 5.32 Å². The topological polar surface area (TPSA) is 47.6 Å². The van der Waals surface area contributed by atoms with E-state index < -0.39 is 11.7 Å². The molecule has 1 aromatic rings. The van der Waals surface area contributed by atoms with Gasteiger partial charge in [-0.15, -0.1) is 0 Å². The molecule has 1 atom stereocenters. The number of halogens is 1. The molecule has 5 heteroatoms. The second-order valence-corrected chi connectivity index (χ2v) is 5.93. The van der Waals surface area contributed by atoms with Gasteiger partial charge in [0, 0.05) is 18.7 Å². The fourth-order valence-corrected chi connectivity index (χ4v) is 1.84. The summed E-state index contributed by atoms with van der Waals surface area (Å²) in [5, 5.41) is 3.41. The first-order chi connectivity index (χ1) is 9.31. The highest BCUT2D eigenvalue weighted by Gasteiger charge is 2.16. The Bertz CT molecular complexity index is 426. The van der Waals surface area contributed by atoms with Gasteiger partial charge in [-0.2, -0.15) is 0 Å². The van der Waals surface area contributed by atoms with E-state index in [4.69, 9.17) is 21.1 Å². The number of benzene rings is 1. The highest BCUT2D eigenvalue weighted by Crippen LogP contribution is 2.21. The molecule has 0 saturated carbocycles. The molecular weight excluding hydrogens is 278 g/mol. The van der Waals surface area contributed by atoms with E-state index in [2.05, 4.69) is 5.32 Å². The van der Waals surface area contributed by atoms with Crippen LogP contribution < -0.4 is 5.32 Å². The van der Waals surface area contributed by atoms with Crippen LogP contribution in [0.25, 0.3) is 0 Å². The summed E-state index contributed by atoms with van der Waals surface area (Å²) < 4.78 is 10.6. The van der Waals surface area contributed by atoms with E-state index in [1.165, 1.54) is 0 Å². The number of rotatable bonds is 5. The largest absolute Gasteiger partial charge is 0.444 e. The molecule has 0 radical (unpaired) electrons. The average molecular weight is 300 g/mol. The Morgan fingerprint density at radius 3 is 2.40 bits per heavy atom. The number of carbonyl (C=O) groups is 1. The molecule has 0 aliphatic carbocycles. The van der Waals surface area contributed by atoms with Gasteiger partial charge in [-0.1, -0.05) is 23.7 Å². The quantitative estimate of drug-likeness (QED) is 0.896. The predicted octanol–water partition coefficient (Wildman–Crippen LogP) is 3.94. The van der Waals surface area contributed by atoms with E-state index in [-0.39, 0.29) is 6.10 Å². The maximum Gasteiger partial charge on any atom is 0.407 e. The van der Waals surface area contributed by atoms with Gasteiger partial charge >= 0.3 is 6.09 Å². The summed E-state index contributed by atoms with van der Waals surface area (Å²) in [5.74, 6) is 0. The summed E-state index contributed by atoms with van der Waals surface area (Å²) in [6, 6.07) is 7.49. The SMILES string of the molecule is CO[C@H](CCNC(=O)OC(C)(C)C)c1ccc(Cl)cc1. The Hall–Kier alpha value is -1.26. The Morgan fingerprint density at radius 2 is 1.90 bits per heavy atom. The first-order valence-corrected chi connectivity index (χ1v) is 6.95. The lowest BCUT2D eigenvalue weighted by Gasteiger charge is -2.20. The summed E-state index contributed by atoms with van der Waals surface area (Å²) in [6.07, 6.45) is 0.169. The molecule has 0 aliphatic heterocycles. The normalized spacial score (nSPS) is 12.8. The van der Waals surface area contributed by atoms with Crippen LogP contribution in [0.4, 0.5) is 4.79 Å². The number of hydrogen-bond acceptors (Lipinski definition) is 3. The van der Waals surface area contributed by atoms with Gasteiger partial charge in [0.2, 0.25) is 0 Å². The summed E-state index contributed by atoms with van der Waals surface area (Å²) in [6.45, 7) is 5.98. The number of nitrogens with one attached hydrogen (secondary N) is 1. The van der Waals surface area contributed by atoms with Crippen LogP contribution in [0.5, 0.6) is 0 Å². The lowest BCUT2D eigenvalue weighted by atomic mass is 10.1. The van der Waals surface area contributed by atoms with Crippen molar-refractivity contribution >= 4 is 17.7 Å². The van der Waals surface area contributed by atoms with Crippen LogP contribution in [-0.2, 0) is 9.47 Å². The van der Waals surface area contributed by atoms with Crippen LogP contribution in [0, 0.1) is 0 Å². The van der Waals surface area contributed by atoms with Crippen molar-refractivity contribution in [2.45, 2.75) is 38.9 Å². The summed E-state index contributed by atoms with van der Waals surface area (Å²) >= 11 is 5.85. The molecular formula is C15H22ClNO3. The van der Waals surface area contributed by atoms with Gasteiger partial charge in [0.25, 0.3) is 0 Å². The average Bonchev–Trinajstić information content (AvgIpc) is 2.34. The van der Waals surface area contributed by atoms with Crippen molar-refractivity contribution in [2.75, 3.05) is 13.7 Å². The first kappa shape index (κ1) is 16.8. The van der Waals surface area contributed by atoms with Crippen LogP contribution in [-0.4, -0.2) is 25.3 Å². The van der Waals surface area contributed by atoms with E-state index in [9.17, 15) is 4.79 Å². The Kier molecular flexibility index (Phi) is 6.30. The second kappa shape index (κ2) is 7.50. The van der Waals surface area contributed by atoms with Crippen LogP contribution in [0.1, 0.15) is 38.9 Å². The van der Waals surface area contributed by atoms with Gasteiger partial charge in [-0.25, -0.2) is 4.79 Å². The van der Waals surface area contributed by atoms with Crippen molar-refractivity contribution in [2.24, 2.45) is 0 Å². The minimum absolute atomic E-state index is 0.0813. The molecule has 4 nitrogen and oxygen atoms in total. The lowest BCUT2D eigenvalue weighted by molar-refractivity contribution is 0.0504. The second-order valence-electron chi connectivity index (χ2n) is 5.49. The number of hydrogen-bond donors (Lipinski definition) is 1. The Balaban J connectivity index is 2.42. The molecule has 0 spiro atoms. The minimum Gasteiger partial charge on any atom is -0.444 e. The molecule has 0 unspecified atom stereocenters. The van der Waals surface area contributed by atoms with Crippen LogP contribution in [0.15, 0.2) is 24.3 Å². The summed E-state index contributed by atoms with van der Waals surface area (Å²) in [5.41, 5.74) is 0.545. The maximum atomic E-state index is 11.5. The Labute approximate surface area is 125 Å². The standard InChI is InChI=1S/C15H22ClNO3/c1-15(2,3)20-14(18)17-10-9-13(19-4)11-5-7-12(16)8-6-11/h5-8,13H,9-10H2,1-4H3,(H,17,18)/t13-/m1/s1. The van der Waals surface area contributed by atoms with Crippen molar-refractivity contribution in [3.63, 3.8) is 0 Å². The van der Waals surface area contributed by atoms with E-state index >= 15 is 0 Å². The molecule has 112 valence electrons. The Morgan fingerprint density at radius 1 is 1.30 bits per heavy atom. The third-order valence-corrected chi connectivity index (χ3v) is 2.85. The maximum absolute atomic E-state index is 11.5. The van der Waals surface area contributed by atoms with Gasteiger partial charge in [0.1, 0.15) is 5.60 Å². The molecule has 0 bridgehead atoms. The van der Waals surface area contributed by atoms with Crippen LogP contribution in [0.3, 0.4) is 0 Å². The van der Waals surface area contributed by atoms with Crippen LogP contribution >= 0.6 is 11.6 Å². The summed E-state index contributed by atoms with van der Waals surface area (Å²) in [7, 11) is 1.65. The van der Waals surface area contributed by atoms with E-state index in [1.807, 2.05) is 45.0 Å². The summed E-state index contributed by atoms with van der Waals surface area (Å²) in [4.78, 5) is 11.5. The highest BCUT2D eigenvalue weighted by molar-refractivity contribution is 6.30. The molecule has 1 aromatic carbocycles. The lowest BCUT2D eigenvalue weighted by Crippen LogP contribution is -2.33. The molecule has 0 fully saturated rings. The van der Waals surface area contributed by atoms with Crippen molar-refractivity contribution in [1.29, 1.82) is 0 Å². The highest BCUT2D eigenvalue weighted by atomic mass is 35.5. The van der Waals surface area contributed by atoms with Gasteiger partial charge in [0.15, 0.2) is 0 Å². The van der Waals surface area contributed by atoms with Crippen molar-refractivity contribution in [3.8, 4) is 0 Å². The zero-order valence-electron chi connectivity index (χ0n) is 12.4. The van der Waals surface area contributed by atoms with Gasteiger partial charge < -0.3 is 14.8 Å². The molecule has 0 aliphatic rings. The van der Waals surface area contributed by atoms with Crippen molar-refractivity contribution < 1.29 is 14.3 Å². The van der Waals surface area contributed by atoms with Gasteiger partial charge in [0.05, 0.1) is 6.10 Å². The molecule has 1 N–H and O–H groups in total. The molecule has 1 rings (SSSR count). The fourth-order valence-electron chi connectivity index (χ4n) is 1.72. The first-order valence-electron chi connectivity index (χ1n) is 6.57. The number of alkyl carbamates (subject to hydrolysis) is 1. The van der Waals surface area contributed by atoms with Gasteiger partial charge in [-0.05, 0) is 44.9 Å². The number of amides is 1. The minimum atomic E-state index is -0.485. The molecule has 1 amide bonds. The zero-order chi connectivity index (χ0) is 15.2. The van der Waals surface area contributed by atoms with Crippen molar-refractivity contribution in [3.05, 3.63) is 34.9 Å². The third-order valence-electron chi connectivity index (χ3n) is 2.60. The molecule has 0 heterocycles. The number of carbonyl (C=O) groups excluding carboxylic acids is 1. The number of ether oxygens (including phenoxy) is 2. The molecule has 0 saturated heterocycles. The zero-order valence-corrected chi connectivity index (χ0v) is 13.2. The van der Waals surface area contributed by atoms with Gasteiger partial charge in [-0.3, -0.25) is 0 Å². The molecule has 20 heavy (non-hydrogen) atoms. The smallest absolute Gasteiger partial charge is 0.407 e. The third kappa shape index (κ3) is 6.26. The monoisotopic (exact) mass is 299 g/mol. The van der Waals surface area contributed by atoms with E-state index in [0.29, 0.717) is 18.0 Å². The van der Waals surface area contributed by atoms with Crippen LogP contribution in [0.2, 0.25) is 5.02 Å². The van der Waals surface area contributed by atoms with E-state index in [0.717, 1.165) is 5.56 Å². The fraction of sp³-hybridized carbons (Fsp3) is 0.533. The number of methoxy groups -OCH3 is 1. The van der Waals surface area contributed by atoms with E-state index in [1.54, 1.807) is 7.11 Å². The molecule has 0 aromatic heterocycles. The predicted molar refractivity (Wildman–Crippen MR) is 80.1 cm³/mol.